The topological polar surface area (TPSA) is 75.2 Å². The number of methoxy groups -OCH3 is 1. The summed E-state index contributed by atoms with van der Waals surface area (Å²) in [4.78, 5) is 18.2. The predicted octanol–water partition coefficient (Wildman–Crippen LogP) is 2.34. The highest BCUT2D eigenvalue weighted by atomic mass is 79.9. The zero-order chi connectivity index (χ0) is 11.9. The fraction of sp³-hybridized carbons (Fsp3) is 0.200. The van der Waals surface area contributed by atoms with Crippen molar-refractivity contribution in [3.63, 3.8) is 0 Å². The van der Waals surface area contributed by atoms with E-state index in [2.05, 4.69) is 25.9 Å². The average molecular weight is 285 g/mol. The Labute approximate surface area is 99.6 Å². The van der Waals surface area contributed by atoms with Crippen molar-refractivity contribution in [1.29, 1.82) is 0 Å². The third kappa shape index (κ3) is 1.46. The van der Waals surface area contributed by atoms with Crippen LogP contribution in [0.4, 0.5) is 0 Å². The third-order valence-corrected chi connectivity index (χ3v) is 2.94. The lowest BCUT2D eigenvalue weighted by Gasteiger charge is -2.01. The number of nitrogens with one attached hydrogen (secondary N) is 1. The molecule has 2 heterocycles. The molecule has 6 heteroatoms. The van der Waals surface area contributed by atoms with Gasteiger partial charge in [-0.25, -0.2) is 9.78 Å². The molecule has 0 amide bonds. The van der Waals surface area contributed by atoms with Gasteiger partial charge >= 0.3 is 5.97 Å². The molecule has 0 saturated carbocycles. The number of carboxylic acid groups (broad SMARTS) is 1. The molecule has 0 radical (unpaired) electrons. The van der Waals surface area contributed by atoms with Crippen molar-refractivity contribution in [3.05, 3.63) is 21.9 Å². The van der Waals surface area contributed by atoms with Gasteiger partial charge in [-0.2, -0.15) is 0 Å². The van der Waals surface area contributed by atoms with Crippen molar-refractivity contribution >= 4 is 32.8 Å². The molecule has 2 rings (SSSR count). The molecule has 0 aliphatic rings. The van der Waals surface area contributed by atoms with E-state index >= 15 is 0 Å². The Hall–Kier alpha value is -1.56. The number of hydrogen-bond donors (Lipinski definition) is 2. The summed E-state index contributed by atoms with van der Waals surface area (Å²) in [6.45, 7) is 1.70. The number of nitrogens with zero attached hydrogens (tertiary/aromatic N) is 1. The number of carbonyl (C=O) groups is 1. The van der Waals surface area contributed by atoms with Gasteiger partial charge in [-0.05, 0) is 22.9 Å². The molecule has 16 heavy (non-hydrogen) atoms. The number of H-pyrrole nitrogens is 1. The van der Waals surface area contributed by atoms with Crippen LogP contribution in [0.1, 0.15) is 16.1 Å². The zero-order valence-electron chi connectivity index (χ0n) is 8.67. The lowest BCUT2D eigenvalue weighted by Crippen LogP contribution is -1.97. The van der Waals surface area contributed by atoms with Crippen LogP contribution < -0.4 is 4.74 Å². The quantitative estimate of drug-likeness (QED) is 0.888. The monoisotopic (exact) mass is 284 g/mol. The van der Waals surface area contributed by atoms with E-state index in [-0.39, 0.29) is 5.56 Å². The molecule has 0 atom stereocenters. The summed E-state index contributed by atoms with van der Waals surface area (Å²) in [5.74, 6) is -0.591. The van der Waals surface area contributed by atoms with Crippen molar-refractivity contribution in [3.8, 4) is 5.88 Å². The van der Waals surface area contributed by atoms with Crippen LogP contribution >= 0.6 is 15.9 Å². The van der Waals surface area contributed by atoms with E-state index in [1.807, 2.05) is 0 Å². The average Bonchev–Trinajstić information content (AvgIpc) is 2.57. The minimum atomic E-state index is -0.974. The fourth-order valence-corrected chi connectivity index (χ4v) is 2.19. The Morgan fingerprint density at radius 2 is 2.31 bits per heavy atom. The number of hydrogen-bond acceptors (Lipinski definition) is 3. The minimum Gasteiger partial charge on any atom is -0.479 e. The third-order valence-electron chi connectivity index (χ3n) is 2.34. The van der Waals surface area contributed by atoms with Gasteiger partial charge in [0, 0.05) is 21.7 Å². The lowest BCUT2D eigenvalue weighted by atomic mass is 10.1. The number of aromatic carboxylic acids is 1. The Bertz CT molecular complexity index is 577. The molecule has 0 unspecified atom stereocenters. The maximum Gasteiger partial charge on any atom is 0.338 e. The van der Waals surface area contributed by atoms with Crippen molar-refractivity contribution in [2.24, 2.45) is 0 Å². The summed E-state index contributed by atoms with van der Waals surface area (Å²) in [6.07, 6.45) is 1.53. The maximum absolute atomic E-state index is 11.1. The van der Waals surface area contributed by atoms with Gasteiger partial charge in [0.15, 0.2) is 0 Å². The summed E-state index contributed by atoms with van der Waals surface area (Å²) < 4.78 is 5.70. The molecule has 84 valence electrons. The maximum atomic E-state index is 11.1. The summed E-state index contributed by atoms with van der Waals surface area (Å²) in [5.41, 5.74) is 1.41. The largest absolute Gasteiger partial charge is 0.479 e. The van der Waals surface area contributed by atoms with Gasteiger partial charge in [0.25, 0.3) is 0 Å². The number of rotatable bonds is 2. The van der Waals surface area contributed by atoms with Gasteiger partial charge in [0.2, 0.25) is 5.88 Å². The van der Waals surface area contributed by atoms with Crippen LogP contribution in [-0.2, 0) is 0 Å². The molecular weight excluding hydrogens is 276 g/mol. The molecule has 2 N–H and O–H groups in total. The first-order valence-electron chi connectivity index (χ1n) is 4.50. The molecule has 0 fully saturated rings. The first kappa shape index (κ1) is 10.9. The van der Waals surface area contributed by atoms with Gasteiger partial charge in [0.05, 0.1) is 12.7 Å². The highest BCUT2D eigenvalue weighted by Crippen LogP contribution is 2.33. The first-order valence-corrected chi connectivity index (χ1v) is 5.29. The van der Waals surface area contributed by atoms with Crippen LogP contribution in [0, 0.1) is 6.92 Å². The van der Waals surface area contributed by atoms with Gasteiger partial charge in [-0.3, -0.25) is 0 Å². The Kier molecular flexibility index (Phi) is 2.59. The zero-order valence-corrected chi connectivity index (χ0v) is 10.3. The summed E-state index contributed by atoms with van der Waals surface area (Å²) in [6, 6.07) is 0. The second-order valence-corrected chi connectivity index (χ2v) is 4.15. The normalized spacial score (nSPS) is 10.7. The van der Waals surface area contributed by atoms with E-state index in [0.29, 0.717) is 26.9 Å². The lowest BCUT2D eigenvalue weighted by molar-refractivity contribution is 0.0698. The van der Waals surface area contributed by atoms with E-state index in [1.165, 1.54) is 13.3 Å². The summed E-state index contributed by atoms with van der Waals surface area (Å²) >= 11 is 3.29. The Morgan fingerprint density at radius 3 is 2.88 bits per heavy atom. The number of halogens is 1. The minimum absolute atomic E-state index is 0.238. The Morgan fingerprint density at radius 1 is 1.62 bits per heavy atom. The number of ether oxygens (including phenoxy) is 1. The Balaban J connectivity index is 2.93. The van der Waals surface area contributed by atoms with Crippen molar-refractivity contribution in [1.82, 2.24) is 9.97 Å². The highest BCUT2D eigenvalue weighted by Gasteiger charge is 2.20. The number of carboxylic acids is 1. The van der Waals surface area contributed by atoms with Gasteiger partial charge in [-0.1, -0.05) is 0 Å². The number of pyridine rings is 1. The molecular formula is C10H9BrN2O3. The molecule has 0 spiro atoms. The molecule has 0 saturated heterocycles. The van der Waals surface area contributed by atoms with E-state index in [9.17, 15) is 4.79 Å². The fourth-order valence-electron chi connectivity index (χ4n) is 1.69. The summed E-state index contributed by atoms with van der Waals surface area (Å²) in [7, 11) is 1.49. The molecule has 0 bridgehead atoms. The number of aryl methyl sites for hydroxylation is 1. The van der Waals surface area contributed by atoms with Crippen LogP contribution in [0.5, 0.6) is 5.88 Å². The molecule has 0 aliphatic heterocycles. The predicted molar refractivity (Wildman–Crippen MR) is 62.0 cm³/mol. The van der Waals surface area contributed by atoms with Gasteiger partial charge in [0.1, 0.15) is 5.52 Å². The van der Waals surface area contributed by atoms with Gasteiger partial charge < -0.3 is 14.8 Å². The molecule has 5 nitrogen and oxygen atoms in total. The molecule has 2 aromatic rings. The van der Waals surface area contributed by atoms with E-state index < -0.39 is 5.97 Å². The van der Waals surface area contributed by atoms with Crippen LogP contribution in [-0.4, -0.2) is 28.2 Å². The van der Waals surface area contributed by atoms with Crippen LogP contribution in [0.3, 0.4) is 0 Å². The van der Waals surface area contributed by atoms with Crippen molar-refractivity contribution < 1.29 is 14.6 Å². The van der Waals surface area contributed by atoms with E-state index in [1.54, 1.807) is 6.92 Å². The second-order valence-electron chi connectivity index (χ2n) is 3.30. The number of aromatic amines is 1. The highest BCUT2D eigenvalue weighted by molar-refractivity contribution is 9.10. The summed E-state index contributed by atoms with van der Waals surface area (Å²) in [5, 5.41) is 9.72. The van der Waals surface area contributed by atoms with Crippen molar-refractivity contribution in [2.75, 3.05) is 7.11 Å². The van der Waals surface area contributed by atoms with Crippen LogP contribution in [0.15, 0.2) is 10.7 Å². The van der Waals surface area contributed by atoms with E-state index in [4.69, 9.17) is 9.84 Å². The second kappa shape index (κ2) is 3.79. The van der Waals surface area contributed by atoms with Crippen LogP contribution in [0.2, 0.25) is 0 Å². The number of fused-ring (bicyclic) bond motifs is 1. The molecule has 2 aromatic heterocycles. The SMILES string of the molecule is COc1ncc(Br)c2c(C(=O)O)c(C)[nH]c12. The standard InChI is InChI=1S/C10H9BrN2O3/c1-4-6(10(14)15)7-5(11)3-12-9(16-2)8(7)13-4/h3,13H,1-2H3,(H,14,15). The van der Waals surface area contributed by atoms with Crippen LogP contribution in [0.25, 0.3) is 10.9 Å². The van der Waals surface area contributed by atoms with E-state index in [0.717, 1.165) is 0 Å². The molecule has 0 aliphatic carbocycles. The number of aromatic nitrogens is 2. The first-order chi connectivity index (χ1) is 7.56. The smallest absolute Gasteiger partial charge is 0.338 e. The molecule has 0 aromatic carbocycles. The van der Waals surface area contributed by atoms with Gasteiger partial charge in [-0.15, -0.1) is 0 Å². The van der Waals surface area contributed by atoms with Crippen molar-refractivity contribution in [2.45, 2.75) is 6.92 Å².